The maximum Gasteiger partial charge on any atom is 0.171 e. The summed E-state index contributed by atoms with van der Waals surface area (Å²) in [4.78, 5) is 0. The van der Waals surface area contributed by atoms with Crippen molar-refractivity contribution in [3.05, 3.63) is 47.7 Å². The van der Waals surface area contributed by atoms with E-state index in [9.17, 15) is 8.78 Å². The minimum absolute atomic E-state index is 0.153. The van der Waals surface area contributed by atoms with Crippen LogP contribution in [0.15, 0.2) is 30.5 Å². The lowest BCUT2D eigenvalue weighted by molar-refractivity contribution is 0.584. The maximum atomic E-state index is 12.9. The number of hydrogen-bond donors (Lipinski definition) is 1. The molecule has 6 heteroatoms. The molecule has 0 radical (unpaired) electrons. The number of nitriles is 1. The van der Waals surface area contributed by atoms with Gasteiger partial charge in [0.25, 0.3) is 0 Å². The minimum Gasteiger partial charge on any atom is -0.337 e. The molecule has 0 saturated heterocycles. The van der Waals surface area contributed by atoms with Crippen molar-refractivity contribution in [1.82, 2.24) is 10.2 Å². The van der Waals surface area contributed by atoms with Crippen LogP contribution in [-0.2, 0) is 0 Å². The Balaban J connectivity index is 2.35. The number of rotatable bonds is 2. The molecule has 1 N–H and O–H groups in total. The Morgan fingerprint density at radius 2 is 1.88 bits per heavy atom. The third kappa shape index (κ3) is 2.52. The van der Waals surface area contributed by atoms with Gasteiger partial charge < -0.3 is 5.32 Å². The van der Waals surface area contributed by atoms with Gasteiger partial charge in [-0.2, -0.15) is 10.4 Å². The van der Waals surface area contributed by atoms with Crippen LogP contribution < -0.4 is 5.32 Å². The van der Waals surface area contributed by atoms with Crippen molar-refractivity contribution in [3.63, 3.8) is 0 Å². The number of anilines is 2. The van der Waals surface area contributed by atoms with Crippen LogP contribution in [-0.4, -0.2) is 10.2 Å². The van der Waals surface area contributed by atoms with Gasteiger partial charge in [0.2, 0.25) is 0 Å². The molecule has 0 saturated carbocycles. The predicted octanol–water partition coefficient (Wildman–Crippen LogP) is 2.37. The SMILES string of the molecule is N#Cc1ccnnc1Nc1cc(F)cc(F)c1. The van der Waals surface area contributed by atoms with Crippen LogP contribution >= 0.6 is 0 Å². The van der Waals surface area contributed by atoms with Crippen LogP contribution in [0.4, 0.5) is 20.3 Å². The molecule has 0 unspecified atom stereocenters. The standard InChI is InChI=1S/C11H6F2N4/c12-8-3-9(13)5-10(4-8)16-11-7(6-14)1-2-15-17-11/h1-5H,(H,16,17). The van der Waals surface area contributed by atoms with Gasteiger partial charge in [-0.3, -0.25) is 0 Å². The molecular weight excluding hydrogens is 226 g/mol. The summed E-state index contributed by atoms with van der Waals surface area (Å²) in [5.41, 5.74) is 0.407. The van der Waals surface area contributed by atoms with Gasteiger partial charge in [-0.05, 0) is 18.2 Å². The Kier molecular flexibility index (Phi) is 2.92. The molecule has 0 fully saturated rings. The Bertz CT molecular complexity index is 572. The van der Waals surface area contributed by atoms with Crippen LogP contribution in [0.25, 0.3) is 0 Å². The summed E-state index contributed by atoms with van der Waals surface area (Å²) in [6.45, 7) is 0. The molecule has 0 atom stereocenters. The summed E-state index contributed by atoms with van der Waals surface area (Å²) in [7, 11) is 0. The molecule has 2 aromatic rings. The van der Waals surface area contributed by atoms with Gasteiger partial charge in [-0.15, -0.1) is 5.10 Å². The van der Waals surface area contributed by atoms with Gasteiger partial charge in [0.05, 0.1) is 11.8 Å². The molecule has 1 heterocycles. The number of nitrogens with one attached hydrogen (secondary N) is 1. The topological polar surface area (TPSA) is 61.6 Å². The van der Waals surface area contributed by atoms with Crippen molar-refractivity contribution in [2.45, 2.75) is 0 Å². The summed E-state index contributed by atoms with van der Waals surface area (Å²) in [6.07, 6.45) is 1.36. The van der Waals surface area contributed by atoms with Crippen molar-refractivity contribution in [1.29, 1.82) is 5.26 Å². The van der Waals surface area contributed by atoms with Crippen LogP contribution in [0.3, 0.4) is 0 Å². The Morgan fingerprint density at radius 1 is 1.18 bits per heavy atom. The lowest BCUT2D eigenvalue weighted by Crippen LogP contribution is -1.99. The average molecular weight is 232 g/mol. The van der Waals surface area contributed by atoms with Crippen molar-refractivity contribution in [3.8, 4) is 6.07 Å². The molecule has 0 aliphatic rings. The second kappa shape index (κ2) is 4.53. The third-order valence-electron chi connectivity index (χ3n) is 1.97. The van der Waals surface area contributed by atoms with Gasteiger partial charge in [-0.25, -0.2) is 8.78 Å². The molecule has 0 aliphatic heterocycles. The smallest absolute Gasteiger partial charge is 0.171 e. The first-order valence-electron chi connectivity index (χ1n) is 4.64. The molecule has 2 rings (SSSR count). The first-order chi connectivity index (χ1) is 8.19. The van der Waals surface area contributed by atoms with E-state index >= 15 is 0 Å². The second-order valence-corrected chi connectivity index (χ2v) is 3.19. The molecule has 17 heavy (non-hydrogen) atoms. The van der Waals surface area contributed by atoms with Crippen LogP contribution in [0, 0.1) is 23.0 Å². The minimum atomic E-state index is -0.713. The van der Waals surface area contributed by atoms with Crippen molar-refractivity contribution < 1.29 is 8.78 Å². The largest absolute Gasteiger partial charge is 0.337 e. The highest BCUT2D eigenvalue weighted by molar-refractivity contribution is 5.61. The zero-order valence-corrected chi connectivity index (χ0v) is 8.48. The fourth-order valence-corrected chi connectivity index (χ4v) is 1.28. The quantitative estimate of drug-likeness (QED) is 0.863. The lowest BCUT2D eigenvalue weighted by Gasteiger charge is -2.06. The van der Waals surface area contributed by atoms with E-state index in [0.717, 1.165) is 18.2 Å². The van der Waals surface area contributed by atoms with E-state index in [1.807, 2.05) is 6.07 Å². The second-order valence-electron chi connectivity index (χ2n) is 3.19. The summed E-state index contributed by atoms with van der Waals surface area (Å²) in [6, 6.07) is 6.29. The van der Waals surface area contributed by atoms with Crippen LogP contribution in [0.1, 0.15) is 5.56 Å². The van der Waals surface area contributed by atoms with Gasteiger partial charge in [0, 0.05) is 11.8 Å². The average Bonchev–Trinajstić information content (AvgIpc) is 2.28. The third-order valence-corrected chi connectivity index (χ3v) is 1.97. The zero-order valence-electron chi connectivity index (χ0n) is 8.48. The monoisotopic (exact) mass is 232 g/mol. The van der Waals surface area contributed by atoms with E-state index in [1.54, 1.807) is 0 Å². The zero-order chi connectivity index (χ0) is 12.3. The van der Waals surface area contributed by atoms with E-state index < -0.39 is 11.6 Å². The lowest BCUT2D eigenvalue weighted by atomic mass is 10.2. The Labute approximate surface area is 95.5 Å². The van der Waals surface area contributed by atoms with E-state index in [2.05, 4.69) is 15.5 Å². The molecule has 1 aromatic heterocycles. The number of aromatic nitrogens is 2. The highest BCUT2D eigenvalue weighted by Gasteiger charge is 2.06. The Morgan fingerprint density at radius 3 is 2.53 bits per heavy atom. The molecule has 0 amide bonds. The Hall–Kier alpha value is -2.55. The molecule has 0 bridgehead atoms. The van der Waals surface area contributed by atoms with Gasteiger partial charge in [0.15, 0.2) is 5.82 Å². The number of hydrogen-bond acceptors (Lipinski definition) is 4. The number of nitrogens with zero attached hydrogens (tertiary/aromatic N) is 3. The van der Waals surface area contributed by atoms with Crippen molar-refractivity contribution in [2.24, 2.45) is 0 Å². The fourth-order valence-electron chi connectivity index (χ4n) is 1.28. The molecule has 4 nitrogen and oxygen atoms in total. The van der Waals surface area contributed by atoms with E-state index in [-0.39, 0.29) is 17.1 Å². The number of benzene rings is 1. The predicted molar refractivity (Wildman–Crippen MR) is 56.4 cm³/mol. The summed E-state index contributed by atoms with van der Waals surface area (Å²) < 4.78 is 25.9. The summed E-state index contributed by atoms with van der Waals surface area (Å²) in [5, 5.41) is 18.7. The van der Waals surface area contributed by atoms with E-state index in [1.165, 1.54) is 12.3 Å². The highest BCUT2D eigenvalue weighted by atomic mass is 19.1. The summed E-state index contributed by atoms with van der Waals surface area (Å²) in [5.74, 6) is -1.27. The fraction of sp³-hybridized carbons (Fsp3) is 0. The van der Waals surface area contributed by atoms with Gasteiger partial charge in [-0.1, -0.05) is 0 Å². The van der Waals surface area contributed by atoms with Crippen molar-refractivity contribution >= 4 is 11.5 Å². The molecular formula is C11H6F2N4. The first kappa shape index (κ1) is 11.0. The maximum absolute atomic E-state index is 12.9. The van der Waals surface area contributed by atoms with Crippen molar-refractivity contribution in [2.75, 3.05) is 5.32 Å². The summed E-state index contributed by atoms with van der Waals surface area (Å²) >= 11 is 0. The van der Waals surface area contributed by atoms with Crippen LogP contribution in [0.2, 0.25) is 0 Å². The molecule has 0 aliphatic carbocycles. The van der Waals surface area contributed by atoms with E-state index in [0.29, 0.717) is 0 Å². The molecule has 84 valence electrons. The molecule has 1 aromatic carbocycles. The number of halogens is 2. The first-order valence-corrected chi connectivity index (χ1v) is 4.64. The normalized spacial score (nSPS) is 9.71. The van der Waals surface area contributed by atoms with Gasteiger partial charge >= 0.3 is 0 Å². The highest BCUT2D eigenvalue weighted by Crippen LogP contribution is 2.19. The van der Waals surface area contributed by atoms with E-state index in [4.69, 9.17) is 5.26 Å². The molecule has 0 spiro atoms. The van der Waals surface area contributed by atoms with Crippen LogP contribution in [0.5, 0.6) is 0 Å². The van der Waals surface area contributed by atoms with Gasteiger partial charge in [0.1, 0.15) is 17.7 Å².